The molecule has 106 valence electrons. The van der Waals surface area contributed by atoms with Gasteiger partial charge in [-0.3, -0.25) is 5.10 Å². The second-order valence-electron chi connectivity index (χ2n) is 5.18. The summed E-state index contributed by atoms with van der Waals surface area (Å²) in [5.41, 5.74) is 5.20. The number of hydrogen-bond donors (Lipinski definition) is 1. The van der Waals surface area contributed by atoms with Gasteiger partial charge in [0, 0.05) is 21.5 Å². The molecule has 0 spiro atoms. The molecule has 3 aromatic carbocycles. The smallest absolute Gasteiger partial charge is 0.1000 e. The average molecular weight is 305 g/mol. The molecule has 4 rings (SSSR count). The maximum Gasteiger partial charge on any atom is 0.1000 e. The van der Waals surface area contributed by atoms with Crippen molar-refractivity contribution in [3.63, 3.8) is 0 Å². The molecule has 4 aromatic rings. The normalized spacial score (nSPS) is 11.0. The van der Waals surface area contributed by atoms with Crippen molar-refractivity contribution >= 4 is 22.5 Å². The zero-order valence-corrected chi connectivity index (χ0v) is 12.5. The molecular weight excluding hydrogens is 292 g/mol. The van der Waals surface area contributed by atoms with Gasteiger partial charge in [-0.25, -0.2) is 0 Å². The number of H-pyrrole nitrogens is 1. The van der Waals surface area contributed by atoms with Gasteiger partial charge in [0.15, 0.2) is 0 Å². The van der Waals surface area contributed by atoms with Crippen LogP contribution in [-0.2, 0) is 0 Å². The highest BCUT2D eigenvalue weighted by atomic mass is 35.5. The van der Waals surface area contributed by atoms with Gasteiger partial charge >= 0.3 is 0 Å². The molecule has 0 amide bonds. The average Bonchev–Trinajstić information content (AvgIpc) is 2.99. The lowest BCUT2D eigenvalue weighted by atomic mass is 10.0. The topological polar surface area (TPSA) is 28.7 Å². The summed E-state index contributed by atoms with van der Waals surface area (Å²) >= 11 is 6.35. The first kappa shape index (κ1) is 13.1. The SMILES string of the molecule is Clc1cc(-c2ccccc2)c2[nH]nc(-c3ccccc3)c2c1. The summed E-state index contributed by atoms with van der Waals surface area (Å²) in [6.45, 7) is 0. The third-order valence-electron chi connectivity index (χ3n) is 3.77. The Hall–Kier alpha value is -2.58. The molecule has 0 atom stereocenters. The molecule has 0 aliphatic rings. The zero-order valence-electron chi connectivity index (χ0n) is 11.8. The number of fused-ring (bicyclic) bond motifs is 1. The number of hydrogen-bond acceptors (Lipinski definition) is 1. The van der Waals surface area contributed by atoms with E-state index in [1.807, 2.05) is 48.5 Å². The van der Waals surface area contributed by atoms with Crippen LogP contribution in [-0.4, -0.2) is 10.2 Å². The van der Waals surface area contributed by atoms with Crippen LogP contribution in [0, 0.1) is 0 Å². The predicted octanol–water partition coefficient (Wildman–Crippen LogP) is 5.55. The minimum absolute atomic E-state index is 0.713. The van der Waals surface area contributed by atoms with Crippen molar-refractivity contribution in [3.8, 4) is 22.4 Å². The molecule has 0 saturated heterocycles. The molecule has 3 heteroatoms. The molecule has 0 fully saturated rings. The molecule has 2 nitrogen and oxygen atoms in total. The first-order chi connectivity index (χ1) is 10.8. The Balaban J connectivity index is 2.00. The van der Waals surface area contributed by atoms with E-state index in [-0.39, 0.29) is 0 Å². The maximum atomic E-state index is 6.35. The van der Waals surface area contributed by atoms with Crippen LogP contribution in [0.4, 0.5) is 0 Å². The van der Waals surface area contributed by atoms with E-state index in [4.69, 9.17) is 11.6 Å². The summed E-state index contributed by atoms with van der Waals surface area (Å²) in [7, 11) is 0. The number of nitrogens with one attached hydrogen (secondary N) is 1. The highest BCUT2D eigenvalue weighted by Gasteiger charge is 2.13. The van der Waals surface area contributed by atoms with Crippen LogP contribution in [0.1, 0.15) is 0 Å². The van der Waals surface area contributed by atoms with Gasteiger partial charge in [0.05, 0.1) is 11.2 Å². The van der Waals surface area contributed by atoms with Crippen molar-refractivity contribution in [3.05, 3.63) is 77.8 Å². The van der Waals surface area contributed by atoms with E-state index < -0.39 is 0 Å². The Morgan fingerprint density at radius 1 is 0.773 bits per heavy atom. The van der Waals surface area contributed by atoms with Crippen molar-refractivity contribution in [1.82, 2.24) is 10.2 Å². The van der Waals surface area contributed by atoms with Crippen LogP contribution in [0.5, 0.6) is 0 Å². The van der Waals surface area contributed by atoms with E-state index >= 15 is 0 Å². The van der Waals surface area contributed by atoms with E-state index in [1.165, 1.54) is 0 Å². The summed E-state index contributed by atoms with van der Waals surface area (Å²) in [6.07, 6.45) is 0. The van der Waals surface area contributed by atoms with Crippen LogP contribution >= 0.6 is 11.6 Å². The number of nitrogens with zero attached hydrogens (tertiary/aromatic N) is 1. The number of aromatic amines is 1. The van der Waals surface area contributed by atoms with Crippen LogP contribution < -0.4 is 0 Å². The zero-order chi connectivity index (χ0) is 14.9. The van der Waals surface area contributed by atoms with Gasteiger partial charge in [0.1, 0.15) is 0 Å². The lowest BCUT2D eigenvalue weighted by Crippen LogP contribution is -1.81. The molecule has 0 radical (unpaired) electrons. The summed E-state index contributed by atoms with van der Waals surface area (Å²) in [6, 6.07) is 24.3. The summed E-state index contributed by atoms with van der Waals surface area (Å²) in [5, 5.41) is 9.43. The summed E-state index contributed by atoms with van der Waals surface area (Å²) in [4.78, 5) is 0. The largest absolute Gasteiger partial charge is 0.277 e. The Bertz CT molecular complexity index is 928. The number of halogens is 1. The molecule has 1 heterocycles. The van der Waals surface area contributed by atoms with E-state index in [2.05, 4.69) is 34.5 Å². The monoisotopic (exact) mass is 304 g/mol. The Morgan fingerprint density at radius 2 is 1.41 bits per heavy atom. The van der Waals surface area contributed by atoms with Gasteiger partial charge in [0.25, 0.3) is 0 Å². The van der Waals surface area contributed by atoms with Gasteiger partial charge in [-0.05, 0) is 17.7 Å². The van der Waals surface area contributed by atoms with Crippen LogP contribution in [0.2, 0.25) is 5.02 Å². The van der Waals surface area contributed by atoms with E-state index in [0.717, 1.165) is 33.3 Å². The Kier molecular flexibility index (Phi) is 3.17. The first-order valence-corrected chi connectivity index (χ1v) is 7.49. The van der Waals surface area contributed by atoms with E-state index in [9.17, 15) is 0 Å². The predicted molar refractivity (Wildman–Crippen MR) is 92.0 cm³/mol. The van der Waals surface area contributed by atoms with Crippen molar-refractivity contribution < 1.29 is 0 Å². The van der Waals surface area contributed by atoms with Crippen molar-refractivity contribution in [1.29, 1.82) is 0 Å². The van der Waals surface area contributed by atoms with Crippen molar-refractivity contribution in [2.24, 2.45) is 0 Å². The summed E-state index contributed by atoms with van der Waals surface area (Å²) < 4.78 is 0. The summed E-state index contributed by atoms with van der Waals surface area (Å²) in [5.74, 6) is 0. The minimum atomic E-state index is 0.713. The molecule has 0 aliphatic heterocycles. The molecule has 1 N–H and O–H groups in total. The van der Waals surface area contributed by atoms with Crippen molar-refractivity contribution in [2.75, 3.05) is 0 Å². The Morgan fingerprint density at radius 3 is 2.09 bits per heavy atom. The fourth-order valence-corrected chi connectivity index (χ4v) is 2.97. The molecule has 22 heavy (non-hydrogen) atoms. The fourth-order valence-electron chi connectivity index (χ4n) is 2.75. The van der Waals surface area contributed by atoms with Crippen LogP contribution in [0.15, 0.2) is 72.8 Å². The van der Waals surface area contributed by atoms with Gasteiger partial charge in [0.2, 0.25) is 0 Å². The van der Waals surface area contributed by atoms with Gasteiger partial charge in [-0.2, -0.15) is 5.10 Å². The molecule has 0 aliphatic carbocycles. The molecule has 0 bridgehead atoms. The van der Waals surface area contributed by atoms with Gasteiger partial charge < -0.3 is 0 Å². The standard InChI is InChI=1S/C19H13ClN2/c20-15-11-16(13-7-3-1-4-8-13)19-17(12-15)18(21-22-19)14-9-5-2-6-10-14/h1-12H,(H,21,22). The quantitative estimate of drug-likeness (QED) is 0.516. The van der Waals surface area contributed by atoms with Gasteiger partial charge in [-0.15, -0.1) is 0 Å². The highest BCUT2D eigenvalue weighted by molar-refractivity contribution is 6.32. The maximum absolute atomic E-state index is 6.35. The lowest BCUT2D eigenvalue weighted by Gasteiger charge is -2.05. The minimum Gasteiger partial charge on any atom is -0.277 e. The van der Waals surface area contributed by atoms with E-state index in [0.29, 0.717) is 5.02 Å². The molecule has 1 aromatic heterocycles. The lowest BCUT2D eigenvalue weighted by molar-refractivity contribution is 1.12. The Labute approximate surface area is 133 Å². The van der Waals surface area contributed by atoms with Crippen LogP contribution in [0.3, 0.4) is 0 Å². The van der Waals surface area contributed by atoms with Crippen LogP contribution in [0.25, 0.3) is 33.3 Å². The molecule has 0 saturated carbocycles. The van der Waals surface area contributed by atoms with Gasteiger partial charge in [-0.1, -0.05) is 72.3 Å². The first-order valence-electron chi connectivity index (χ1n) is 7.11. The number of benzene rings is 3. The third kappa shape index (κ3) is 2.18. The second kappa shape index (κ2) is 5.32. The highest BCUT2D eigenvalue weighted by Crippen LogP contribution is 2.35. The van der Waals surface area contributed by atoms with Crippen molar-refractivity contribution in [2.45, 2.75) is 0 Å². The fraction of sp³-hybridized carbons (Fsp3) is 0. The second-order valence-corrected chi connectivity index (χ2v) is 5.62. The third-order valence-corrected chi connectivity index (χ3v) is 3.99. The number of aromatic nitrogens is 2. The number of rotatable bonds is 2. The van der Waals surface area contributed by atoms with E-state index in [1.54, 1.807) is 0 Å². The molecular formula is C19H13ClN2. The molecule has 0 unspecified atom stereocenters.